The first-order chi connectivity index (χ1) is 15.8. The molecule has 0 radical (unpaired) electrons. The monoisotopic (exact) mass is 481 g/mol. The number of nitriles is 1. The van der Waals surface area contributed by atoms with Crippen molar-refractivity contribution in [1.82, 2.24) is 0 Å². The molecule has 0 saturated heterocycles. The normalized spacial score (nSPS) is 10.9. The van der Waals surface area contributed by atoms with Crippen LogP contribution in [0.2, 0.25) is 10.0 Å². The Bertz CT molecular complexity index is 1280. The smallest absolute Gasteiger partial charge is 0.269 e. The van der Waals surface area contributed by atoms with Gasteiger partial charge < -0.3 is 10.1 Å². The van der Waals surface area contributed by atoms with Gasteiger partial charge in [0.2, 0.25) is 0 Å². The van der Waals surface area contributed by atoms with E-state index in [1.165, 1.54) is 30.3 Å². The van der Waals surface area contributed by atoms with Gasteiger partial charge in [-0.1, -0.05) is 47.5 Å². The van der Waals surface area contributed by atoms with Crippen LogP contribution in [-0.4, -0.2) is 10.8 Å². The number of halogens is 2. The van der Waals surface area contributed by atoms with Crippen molar-refractivity contribution in [2.24, 2.45) is 0 Å². The highest BCUT2D eigenvalue weighted by molar-refractivity contribution is 6.37. The van der Waals surface area contributed by atoms with Crippen molar-refractivity contribution < 1.29 is 14.5 Å². The maximum atomic E-state index is 12.5. The first-order valence-corrected chi connectivity index (χ1v) is 10.4. The fourth-order valence-electron chi connectivity index (χ4n) is 2.95. The topological polar surface area (TPSA) is 105 Å². The maximum absolute atomic E-state index is 12.5. The summed E-state index contributed by atoms with van der Waals surface area (Å²) in [6, 6.07) is 18.1. The molecule has 0 saturated carbocycles. The third kappa shape index (κ3) is 6.32. The quantitative estimate of drug-likeness (QED) is 0.183. The second-order valence-corrected chi connectivity index (χ2v) is 7.84. The molecule has 0 heterocycles. The van der Waals surface area contributed by atoms with Crippen LogP contribution in [0.15, 0.2) is 66.2 Å². The highest BCUT2D eigenvalue weighted by atomic mass is 35.5. The number of benzene rings is 3. The van der Waals surface area contributed by atoms with Gasteiger partial charge in [0.1, 0.15) is 18.2 Å². The van der Waals surface area contributed by atoms with Gasteiger partial charge in [-0.3, -0.25) is 14.9 Å². The number of nitrogens with one attached hydrogen (secondary N) is 1. The van der Waals surface area contributed by atoms with Crippen LogP contribution in [0.4, 0.5) is 11.4 Å². The molecule has 9 heteroatoms. The van der Waals surface area contributed by atoms with E-state index in [0.29, 0.717) is 16.8 Å². The number of rotatable bonds is 7. The van der Waals surface area contributed by atoms with E-state index in [-0.39, 0.29) is 33.7 Å². The lowest BCUT2D eigenvalue weighted by atomic mass is 10.1. The summed E-state index contributed by atoms with van der Waals surface area (Å²) >= 11 is 12.6. The van der Waals surface area contributed by atoms with Crippen molar-refractivity contribution in [2.45, 2.75) is 13.5 Å². The molecule has 1 amide bonds. The number of carbonyl (C=O) groups is 1. The van der Waals surface area contributed by atoms with Crippen molar-refractivity contribution in [3.05, 3.63) is 103 Å². The Labute approximate surface area is 200 Å². The van der Waals surface area contributed by atoms with Gasteiger partial charge in [-0.05, 0) is 54.0 Å². The molecule has 166 valence electrons. The van der Waals surface area contributed by atoms with E-state index in [0.717, 1.165) is 5.56 Å². The van der Waals surface area contributed by atoms with Crippen LogP contribution in [0.5, 0.6) is 5.75 Å². The summed E-state index contributed by atoms with van der Waals surface area (Å²) in [6.07, 6.45) is 1.37. The van der Waals surface area contributed by atoms with Gasteiger partial charge in [-0.2, -0.15) is 5.26 Å². The van der Waals surface area contributed by atoms with E-state index in [4.69, 9.17) is 27.9 Å². The van der Waals surface area contributed by atoms with Crippen LogP contribution < -0.4 is 10.1 Å². The molecule has 3 aromatic carbocycles. The summed E-state index contributed by atoms with van der Waals surface area (Å²) < 4.78 is 5.66. The number of carbonyl (C=O) groups excluding carboxylic acids is 1. The molecule has 0 aliphatic rings. The van der Waals surface area contributed by atoms with Gasteiger partial charge >= 0.3 is 0 Å². The van der Waals surface area contributed by atoms with E-state index < -0.39 is 10.8 Å². The molecule has 0 atom stereocenters. The molecule has 0 aliphatic heterocycles. The maximum Gasteiger partial charge on any atom is 0.269 e. The first kappa shape index (κ1) is 23.8. The van der Waals surface area contributed by atoms with Crippen molar-refractivity contribution in [3.63, 3.8) is 0 Å². The SMILES string of the molecule is Cc1cccc(NC(=O)/C(C#N)=C\c2cc(Cl)c(OCc3cccc([N+](=O)[O-])c3)c(Cl)c2)c1. The number of nitro groups is 1. The first-order valence-electron chi connectivity index (χ1n) is 9.62. The summed E-state index contributed by atoms with van der Waals surface area (Å²) in [4.78, 5) is 22.9. The Morgan fingerprint density at radius 2 is 1.85 bits per heavy atom. The Kier molecular flexibility index (Phi) is 7.67. The summed E-state index contributed by atoms with van der Waals surface area (Å²) in [5.41, 5.74) is 2.36. The number of nitro benzene ring substituents is 1. The van der Waals surface area contributed by atoms with Gasteiger partial charge in [0.05, 0.1) is 15.0 Å². The van der Waals surface area contributed by atoms with Crippen molar-refractivity contribution in [2.75, 3.05) is 5.32 Å². The number of hydrogen-bond acceptors (Lipinski definition) is 5. The molecular weight excluding hydrogens is 465 g/mol. The molecule has 0 spiro atoms. The third-order valence-corrected chi connectivity index (χ3v) is 5.04. The van der Waals surface area contributed by atoms with Crippen LogP contribution in [0.3, 0.4) is 0 Å². The minimum absolute atomic E-state index is 0.0125. The average Bonchev–Trinajstić information content (AvgIpc) is 2.77. The largest absolute Gasteiger partial charge is 0.486 e. The third-order valence-electron chi connectivity index (χ3n) is 4.48. The zero-order valence-electron chi connectivity index (χ0n) is 17.3. The van der Waals surface area contributed by atoms with Gasteiger partial charge in [0, 0.05) is 17.8 Å². The minimum atomic E-state index is -0.568. The van der Waals surface area contributed by atoms with Gasteiger partial charge in [-0.25, -0.2) is 0 Å². The zero-order valence-corrected chi connectivity index (χ0v) is 18.9. The average molecular weight is 482 g/mol. The Hall–Kier alpha value is -3.86. The van der Waals surface area contributed by atoms with Crippen LogP contribution in [0.25, 0.3) is 6.08 Å². The van der Waals surface area contributed by atoms with Crippen molar-refractivity contribution >= 4 is 46.6 Å². The fourth-order valence-corrected chi connectivity index (χ4v) is 3.57. The number of hydrogen-bond donors (Lipinski definition) is 1. The van der Waals surface area contributed by atoms with Crippen LogP contribution in [0.1, 0.15) is 16.7 Å². The Balaban J connectivity index is 1.77. The molecule has 0 unspecified atom stereocenters. The van der Waals surface area contributed by atoms with Gasteiger partial charge in [-0.15, -0.1) is 0 Å². The molecule has 3 rings (SSSR count). The molecule has 0 bridgehead atoms. The molecule has 0 aromatic heterocycles. The van der Waals surface area contributed by atoms with E-state index in [2.05, 4.69) is 5.32 Å². The Morgan fingerprint density at radius 1 is 1.15 bits per heavy atom. The zero-order chi connectivity index (χ0) is 24.0. The van der Waals surface area contributed by atoms with Gasteiger partial charge in [0.25, 0.3) is 11.6 Å². The second-order valence-electron chi connectivity index (χ2n) is 7.02. The van der Waals surface area contributed by atoms with Crippen molar-refractivity contribution in [3.8, 4) is 11.8 Å². The molecule has 0 aliphatic carbocycles. The number of aryl methyl sites for hydroxylation is 1. The number of non-ortho nitro benzene ring substituents is 1. The van der Waals surface area contributed by atoms with E-state index in [9.17, 15) is 20.2 Å². The van der Waals surface area contributed by atoms with E-state index in [1.807, 2.05) is 19.1 Å². The minimum Gasteiger partial charge on any atom is -0.486 e. The number of nitrogens with zero attached hydrogens (tertiary/aromatic N) is 2. The fraction of sp³-hybridized carbons (Fsp3) is 0.0833. The molecule has 7 nitrogen and oxygen atoms in total. The number of anilines is 1. The lowest BCUT2D eigenvalue weighted by molar-refractivity contribution is -0.384. The summed E-state index contributed by atoms with van der Waals surface area (Å²) in [5.74, 6) is -0.383. The highest BCUT2D eigenvalue weighted by Crippen LogP contribution is 2.35. The molecule has 1 N–H and O–H groups in total. The van der Waals surface area contributed by atoms with Crippen molar-refractivity contribution in [1.29, 1.82) is 5.26 Å². The summed E-state index contributed by atoms with van der Waals surface area (Å²) in [7, 11) is 0. The van der Waals surface area contributed by atoms with Crippen LogP contribution >= 0.6 is 23.2 Å². The number of amides is 1. The molecular formula is C24H17Cl2N3O4. The van der Waals surface area contributed by atoms with Crippen LogP contribution in [-0.2, 0) is 11.4 Å². The van der Waals surface area contributed by atoms with Gasteiger partial charge in [0.15, 0.2) is 5.75 Å². The van der Waals surface area contributed by atoms with Crippen LogP contribution in [0, 0.1) is 28.4 Å². The standard InChI is InChI=1S/C24H17Cl2N3O4/c1-15-4-2-6-19(8-15)28-24(30)18(13-27)9-17-11-21(25)23(22(26)12-17)33-14-16-5-3-7-20(10-16)29(31)32/h2-12H,14H2,1H3,(H,28,30)/b18-9-. The lowest BCUT2D eigenvalue weighted by Crippen LogP contribution is -2.13. The predicted molar refractivity (Wildman–Crippen MR) is 127 cm³/mol. The Morgan fingerprint density at radius 3 is 2.48 bits per heavy atom. The molecule has 33 heavy (non-hydrogen) atoms. The summed E-state index contributed by atoms with van der Waals surface area (Å²) in [6.45, 7) is 1.90. The van der Waals surface area contributed by atoms with E-state index in [1.54, 1.807) is 30.3 Å². The summed E-state index contributed by atoms with van der Waals surface area (Å²) in [5, 5.41) is 23.4. The molecule has 3 aromatic rings. The predicted octanol–water partition coefficient (Wildman–Crippen LogP) is 6.33. The lowest BCUT2D eigenvalue weighted by Gasteiger charge is -2.11. The number of ether oxygens (including phenoxy) is 1. The second kappa shape index (κ2) is 10.6. The molecule has 0 fully saturated rings. The van der Waals surface area contributed by atoms with E-state index >= 15 is 0 Å². The highest BCUT2D eigenvalue weighted by Gasteiger charge is 2.14.